The highest BCUT2D eigenvalue weighted by Crippen LogP contribution is 2.27. The smallest absolute Gasteiger partial charge is 0.124 e. The molecule has 3 nitrogen and oxygen atoms in total. The molecule has 0 aliphatic carbocycles. The highest BCUT2D eigenvalue weighted by molar-refractivity contribution is 6.17. The van der Waals surface area contributed by atoms with E-state index in [0.717, 1.165) is 28.8 Å². The first-order valence-corrected chi connectivity index (χ1v) is 8.10. The number of fused-ring (bicyclic) bond motifs is 3. The topological polar surface area (TPSA) is 30.7 Å². The van der Waals surface area contributed by atoms with Crippen LogP contribution in [0.5, 0.6) is 0 Å². The summed E-state index contributed by atoms with van der Waals surface area (Å²) in [5.41, 5.74) is 3.12. The Morgan fingerprint density at radius 3 is 2.62 bits per heavy atom. The molecule has 0 saturated carbocycles. The third-order valence-electron chi connectivity index (χ3n) is 4.27. The zero-order chi connectivity index (χ0) is 14.8. The molecule has 0 amide bonds. The maximum absolute atomic E-state index is 6.12. The first kappa shape index (κ1) is 14.3. The lowest BCUT2D eigenvalue weighted by Gasteiger charge is -2.16. The van der Waals surface area contributed by atoms with E-state index >= 15 is 0 Å². The van der Waals surface area contributed by atoms with Gasteiger partial charge in [-0.2, -0.15) is 0 Å². The van der Waals surface area contributed by atoms with Gasteiger partial charge in [-0.1, -0.05) is 44.9 Å². The van der Waals surface area contributed by atoms with E-state index in [2.05, 4.69) is 40.5 Å². The van der Waals surface area contributed by atoms with Crippen molar-refractivity contribution >= 4 is 33.5 Å². The Morgan fingerprint density at radius 2 is 1.90 bits per heavy atom. The molecule has 4 heteroatoms. The first-order chi connectivity index (χ1) is 10.3. The zero-order valence-electron chi connectivity index (χ0n) is 12.5. The number of benzene rings is 1. The number of para-hydroxylation sites is 1. The average molecular weight is 302 g/mol. The predicted octanol–water partition coefficient (Wildman–Crippen LogP) is 4.76. The van der Waals surface area contributed by atoms with Crippen LogP contribution < -0.4 is 0 Å². The molecule has 0 bridgehead atoms. The van der Waals surface area contributed by atoms with Gasteiger partial charge in [0.25, 0.3) is 0 Å². The molecule has 21 heavy (non-hydrogen) atoms. The van der Waals surface area contributed by atoms with E-state index < -0.39 is 0 Å². The van der Waals surface area contributed by atoms with Crippen LogP contribution in [0.25, 0.3) is 21.9 Å². The monoisotopic (exact) mass is 301 g/mol. The van der Waals surface area contributed by atoms with Gasteiger partial charge in [-0.05, 0) is 12.0 Å². The number of pyridine rings is 1. The predicted molar refractivity (Wildman–Crippen MR) is 88.7 cm³/mol. The number of imidazole rings is 1. The molecule has 0 spiro atoms. The Labute approximate surface area is 130 Å². The molecule has 110 valence electrons. The highest BCUT2D eigenvalue weighted by Gasteiger charge is 2.16. The summed E-state index contributed by atoms with van der Waals surface area (Å²) in [5.74, 6) is 2.02. The van der Waals surface area contributed by atoms with Crippen molar-refractivity contribution in [1.29, 1.82) is 0 Å². The maximum Gasteiger partial charge on any atom is 0.124 e. The van der Waals surface area contributed by atoms with Gasteiger partial charge in [0.1, 0.15) is 11.3 Å². The molecule has 0 saturated heterocycles. The van der Waals surface area contributed by atoms with Crippen molar-refractivity contribution in [2.75, 3.05) is 0 Å². The van der Waals surface area contributed by atoms with Crippen LogP contribution >= 0.6 is 11.6 Å². The van der Waals surface area contributed by atoms with Crippen molar-refractivity contribution in [3.05, 3.63) is 36.3 Å². The molecule has 0 atom stereocenters. The molecule has 2 aromatic heterocycles. The fourth-order valence-corrected chi connectivity index (χ4v) is 3.12. The van der Waals surface area contributed by atoms with Crippen molar-refractivity contribution in [2.45, 2.75) is 39.1 Å². The van der Waals surface area contributed by atoms with E-state index in [9.17, 15) is 0 Å². The zero-order valence-corrected chi connectivity index (χ0v) is 13.3. The minimum Gasteiger partial charge on any atom is -0.326 e. The maximum atomic E-state index is 6.12. The van der Waals surface area contributed by atoms with Gasteiger partial charge in [0.05, 0.1) is 23.1 Å². The van der Waals surface area contributed by atoms with E-state index in [-0.39, 0.29) is 0 Å². The Balaban J connectivity index is 2.26. The molecule has 0 unspecified atom stereocenters. The molecular formula is C17H20ClN3. The number of hydrogen-bond donors (Lipinski definition) is 0. The van der Waals surface area contributed by atoms with E-state index in [4.69, 9.17) is 11.6 Å². The third-order valence-corrected chi connectivity index (χ3v) is 4.51. The second-order valence-electron chi connectivity index (χ2n) is 5.46. The largest absolute Gasteiger partial charge is 0.326 e. The lowest BCUT2D eigenvalue weighted by Crippen LogP contribution is -2.11. The first-order valence-electron chi connectivity index (χ1n) is 7.57. The average Bonchev–Trinajstić information content (AvgIpc) is 2.90. The Bertz CT molecular complexity index is 759. The number of halogens is 1. The fraction of sp³-hybridized carbons (Fsp3) is 0.412. The van der Waals surface area contributed by atoms with Crippen LogP contribution in [-0.4, -0.2) is 14.5 Å². The van der Waals surface area contributed by atoms with E-state index in [1.54, 1.807) is 0 Å². The quantitative estimate of drug-likeness (QED) is 0.636. The Morgan fingerprint density at radius 1 is 1.14 bits per heavy atom. The van der Waals surface area contributed by atoms with Crippen molar-refractivity contribution in [3.63, 3.8) is 0 Å². The molecule has 3 aromatic rings. The van der Waals surface area contributed by atoms with Crippen LogP contribution in [-0.2, 0) is 12.4 Å². The summed E-state index contributed by atoms with van der Waals surface area (Å²) in [6.07, 6.45) is 4.19. The number of alkyl halides is 1. The van der Waals surface area contributed by atoms with E-state index in [1.807, 2.05) is 18.3 Å². The van der Waals surface area contributed by atoms with E-state index in [1.165, 1.54) is 18.4 Å². The minimum absolute atomic E-state index is 0.434. The molecule has 2 heterocycles. The van der Waals surface area contributed by atoms with Gasteiger partial charge in [-0.15, -0.1) is 11.6 Å². The van der Waals surface area contributed by atoms with Gasteiger partial charge in [0, 0.05) is 11.9 Å². The van der Waals surface area contributed by atoms with Gasteiger partial charge in [-0.25, -0.2) is 4.98 Å². The highest BCUT2D eigenvalue weighted by atomic mass is 35.5. The standard InChI is InChI=1S/C17H20ClN3/c1-3-12(4-2)11-21-16(9-18)20-15-10-19-14-8-6-5-7-13(14)17(15)21/h5-8,10,12H,3-4,9,11H2,1-2H3. The summed E-state index contributed by atoms with van der Waals surface area (Å²) in [4.78, 5) is 9.17. The second-order valence-corrected chi connectivity index (χ2v) is 5.73. The van der Waals surface area contributed by atoms with E-state index in [0.29, 0.717) is 11.8 Å². The van der Waals surface area contributed by atoms with Gasteiger partial charge >= 0.3 is 0 Å². The van der Waals surface area contributed by atoms with Crippen LogP contribution in [0.15, 0.2) is 30.5 Å². The number of nitrogens with zero attached hydrogens (tertiary/aromatic N) is 3. The number of hydrogen-bond acceptors (Lipinski definition) is 2. The lowest BCUT2D eigenvalue weighted by atomic mass is 10.0. The summed E-state index contributed by atoms with van der Waals surface area (Å²) in [6.45, 7) is 5.46. The molecule has 0 N–H and O–H groups in total. The van der Waals surface area contributed by atoms with Gasteiger partial charge in [-0.3, -0.25) is 4.98 Å². The molecule has 0 aliphatic heterocycles. The summed E-state index contributed by atoms with van der Waals surface area (Å²) >= 11 is 6.12. The summed E-state index contributed by atoms with van der Waals surface area (Å²) in [7, 11) is 0. The Hall–Kier alpha value is -1.61. The van der Waals surface area contributed by atoms with Crippen LogP contribution in [0, 0.1) is 5.92 Å². The summed E-state index contributed by atoms with van der Waals surface area (Å²) in [5, 5.41) is 1.16. The van der Waals surface area contributed by atoms with Crippen molar-refractivity contribution in [2.24, 2.45) is 5.92 Å². The minimum atomic E-state index is 0.434. The van der Waals surface area contributed by atoms with Crippen molar-refractivity contribution in [1.82, 2.24) is 14.5 Å². The van der Waals surface area contributed by atoms with Gasteiger partial charge in [0.2, 0.25) is 0 Å². The molecular weight excluding hydrogens is 282 g/mol. The van der Waals surface area contributed by atoms with Gasteiger partial charge < -0.3 is 4.57 Å². The summed E-state index contributed by atoms with van der Waals surface area (Å²) < 4.78 is 2.30. The van der Waals surface area contributed by atoms with Gasteiger partial charge in [0.15, 0.2) is 0 Å². The second kappa shape index (κ2) is 6.02. The lowest BCUT2D eigenvalue weighted by molar-refractivity contribution is 0.419. The number of rotatable bonds is 5. The Kier molecular flexibility index (Phi) is 4.11. The van der Waals surface area contributed by atoms with Crippen LogP contribution in [0.3, 0.4) is 0 Å². The number of aromatic nitrogens is 3. The molecule has 1 aromatic carbocycles. The normalized spacial score (nSPS) is 11.8. The third kappa shape index (κ3) is 2.51. The SMILES string of the molecule is CCC(CC)Cn1c(CCl)nc2cnc3ccccc3c21. The molecule has 0 aliphatic rings. The van der Waals surface area contributed by atoms with Crippen LogP contribution in [0.4, 0.5) is 0 Å². The van der Waals surface area contributed by atoms with Crippen LogP contribution in [0.1, 0.15) is 32.5 Å². The molecule has 0 radical (unpaired) electrons. The van der Waals surface area contributed by atoms with Crippen molar-refractivity contribution in [3.8, 4) is 0 Å². The van der Waals surface area contributed by atoms with Crippen LogP contribution in [0.2, 0.25) is 0 Å². The molecule has 3 rings (SSSR count). The fourth-order valence-electron chi connectivity index (χ4n) is 2.91. The molecule has 0 fully saturated rings. The van der Waals surface area contributed by atoms with Crippen molar-refractivity contribution < 1.29 is 0 Å². The summed E-state index contributed by atoms with van der Waals surface area (Å²) in [6, 6.07) is 8.24.